The van der Waals surface area contributed by atoms with Crippen molar-refractivity contribution in [3.8, 4) is 17.2 Å². The zero-order valence-corrected chi connectivity index (χ0v) is 22.0. The lowest BCUT2D eigenvalue weighted by Crippen LogP contribution is -2.30. The van der Waals surface area contributed by atoms with Crippen LogP contribution in [0.4, 0.5) is 0 Å². The number of sulfone groups is 1. The minimum absolute atomic E-state index is 0.226. The molecule has 0 amide bonds. The minimum atomic E-state index is -3.80. The molecule has 1 aromatic carbocycles. The van der Waals surface area contributed by atoms with E-state index in [1.54, 1.807) is 43.9 Å². The fourth-order valence-corrected chi connectivity index (χ4v) is 5.25. The lowest BCUT2D eigenvalue weighted by Gasteiger charge is -2.22. The number of aromatic nitrogens is 5. The van der Waals surface area contributed by atoms with Gasteiger partial charge in [-0.1, -0.05) is 31.0 Å². The normalized spacial score (nSPS) is 13.4. The Morgan fingerprint density at radius 3 is 2.17 bits per heavy atom. The maximum atomic E-state index is 13.6. The molecule has 2 aromatic heterocycles. The number of hydrogen-bond acceptors (Lipinski definition) is 9. The molecule has 0 spiro atoms. The molecule has 0 fully saturated rings. The van der Waals surface area contributed by atoms with Crippen LogP contribution in [0.5, 0.6) is 11.5 Å². The summed E-state index contributed by atoms with van der Waals surface area (Å²) in [6.07, 6.45) is 4.32. The molecule has 3 aromatic rings. The van der Waals surface area contributed by atoms with E-state index in [0.717, 1.165) is 12.8 Å². The first kappa shape index (κ1) is 26.8. The second-order valence-electron chi connectivity index (χ2n) is 7.91. The summed E-state index contributed by atoms with van der Waals surface area (Å²) < 4.78 is 45.4. The van der Waals surface area contributed by atoms with Gasteiger partial charge in [0.15, 0.2) is 21.5 Å². The maximum Gasteiger partial charge on any atom is 0.163 e. The summed E-state index contributed by atoms with van der Waals surface area (Å²) in [5.41, 5.74) is 0.552. The monoisotopic (exact) mass is 523 g/mol. The Bertz CT molecular complexity index is 1210. The van der Waals surface area contributed by atoms with Gasteiger partial charge in [-0.05, 0) is 25.5 Å². The van der Waals surface area contributed by atoms with Gasteiger partial charge in [0, 0.05) is 25.9 Å². The highest BCUT2D eigenvalue weighted by molar-refractivity contribution is 7.91. The number of unbranched alkanes of at least 4 members (excludes halogenated alkanes) is 1. The molecule has 2 atom stereocenters. The SMILES string of the molecule is CCCCc1nnc(CS(=O)(=O)[C@@H](C)[C@H](OC)c2ncc(Cl)cn2)n1-c1c(OC)cccc1OC. The standard InChI is InChI=1S/C23H30ClN5O5S/c1-6-7-11-19-27-28-20(29(19)21-17(32-3)9-8-10-18(21)33-4)14-35(30,31)15(2)22(34-5)23-25-12-16(24)13-26-23/h8-10,12-13,15,22H,6-7,11,14H2,1-5H3/t15-,22-/m0/s1. The van der Waals surface area contributed by atoms with Gasteiger partial charge in [0.05, 0.1) is 24.5 Å². The van der Waals surface area contributed by atoms with Crippen LogP contribution < -0.4 is 9.47 Å². The van der Waals surface area contributed by atoms with E-state index in [4.69, 9.17) is 25.8 Å². The first-order valence-electron chi connectivity index (χ1n) is 11.1. The van der Waals surface area contributed by atoms with Gasteiger partial charge >= 0.3 is 0 Å². The molecule has 35 heavy (non-hydrogen) atoms. The zero-order chi connectivity index (χ0) is 25.6. The number of methoxy groups -OCH3 is 3. The van der Waals surface area contributed by atoms with Crippen LogP contribution in [0, 0.1) is 0 Å². The van der Waals surface area contributed by atoms with Crippen molar-refractivity contribution in [2.75, 3.05) is 21.3 Å². The number of halogens is 1. The van der Waals surface area contributed by atoms with E-state index in [-0.39, 0.29) is 17.4 Å². The molecule has 0 aliphatic carbocycles. The molecule has 0 radical (unpaired) electrons. The summed E-state index contributed by atoms with van der Waals surface area (Å²) >= 11 is 5.88. The fraction of sp³-hybridized carbons (Fsp3) is 0.478. The molecule has 0 saturated heterocycles. The molecular formula is C23H30ClN5O5S. The van der Waals surface area contributed by atoms with Crippen LogP contribution in [0.25, 0.3) is 5.69 Å². The number of ether oxygens (including phenoxy) is 3. The third kappa shape index (κ3) is 5.91. The molecule has 0 aliphatic heterocycles. The third-order valence-corrected chi connectivity index (χ3v) is 7.88. The highest BCUT2D eigenvalue weighted by Crippen LogP contribution is 2.35. The van der Waals surface area contributed by atoms with Crippen molar-refractivity contribution in [3.63, 3.8) is 0 Å². The number of benzene rings is 1. The van der Waals surface area contributed by atoms with Crippen molar-refractivity contribution in [1.29, 1.82) is 0 Å². The first-order valence-corrected chi connectivity index (χ1v) is 13.2. The first-order chi connectivity index (χ1) is 16.8. The Morgan fingerprint density at radius 2 is 1.63 bits per heavy atom. The van der Waals surface area contributed by atoms with Gasteiger partial charge < -0.3 is 14.2 Å². The zero-order valence-electron chi connectivity index (χ0n) is 20.4. The van der Waals surface area contributed by atoms with Gasteiger partial charge in [-0.15, -0.1) is 10.2 Å². The summed E-state index contributed by atoms with van der Waals surface area (Å²) in [7, 11) is 0.701. The van der Waals surface area contributed by atoms with E-state index in [1.165, 1.54) is 19.5 Å². The van der Waals surface area contributed by atoms with Gasteiger partial charge in [-0.25, -0.2) is 18.4 Å². The van der Waals surface area contributed by atoms with E-state index >= 15 is 0 Å². The molecule has 190 valence electrons. The van der Waals surface area contributed by atoms with Crippen LogP contribution in [0.3, 0.4) is 0 Å². The quantitative estimate of drug-likeness (QED) is 0.349. The minimum Gasteiger partial charge on any atom is -0.494 e. The van der Waals surface area contributed by atoms with E-state index in [9.17, 15) is 8.42 Å². The second-order valence-corrected chi connectivity index (χ2v) is 10.7. The second kappa shape index (κ2) is 11.8. The molecule has 2 heterocycles. The van der Waals surface area contributed by atoms with Gasteiger partial charge in [0.25, 0.3) is 0 Å². The number of nitrogens with zero attached hydrogens (tertiary/aromatic N) is 5. The van der Waals surface area contributed by atoms with Gasteiger partial charge in [0.2, 0.25) is 0 Å². The summed E-state index contributed by atoms with van der Waals surface area (Å²) in [6.45, 7) is 3.63. The average Bonchev–Trinajstić information content (AvgIpc) is 3.24. The van der Waals surface area contributed by atoms with Crippen LogP contribution in [-0.2, 0) is 26.7 Å². The van der Waals surface area contributed by atoms with Gasteiger partial charge in [-0.3, -0.25) is 4.57 Å². The molecule has 0 N–H and O–H groups in total. The molecule has 3 rings (SSSR count). The average molecular weight is 524 g/mol. The van der Waals surface area contributed by atoms with Crippen molar-refractivity contribution in [2.45, 2.75) is 50.2 Å². The number of hydrogen-bond donors (Lipinski definition) is 0. The van der Waals surface area contributed by atoms with Crippen LogP contribution in [0.15, 0.2) is 30.6 Å². The van der Waals surface area contributed by atoms with Crippen molar-refractivity contribution in [1.82, 2.24) is 24.7 Å². The summed E-state index contributed by atoms with van der Waals surface area (Å²) in [6, 6.07) is 5.35. The van der Waals surface area contributed by atoms with Gasteiger partial charge in [-0.2, -0.15) is 0 Å². The Labute approximate surface area is 210 Å². The highest BCUT2D eigenvalue weighted by Gasteiger charge is 2.35. The Hall–Kier alpha value is -2.76. The molecule has 0 bridgehead atoms. The Morgan fingerprint density at radius 1 is 1.03 bits per heavy atom. The molecule has 10 nitrogen and oxygen atoms in total. The van der Waals surface area contributed by atoms with Crippen molar-refractivity contribution in [2.24, 2.45) is 0 Å². The van der Waals surface area contributed by atoms with E-state index < -0.39 is 21.2 Å². The number of rotatable bonds is 12. The molecule has 0 saturated carbocycles. The van der Waals surface area contributed by atoms with Crippen molar-refractivity contribution in [3.05, 3.63) is 53.1 Å². The van der Waals surface area contributed by atoms with Crippen LogP contribution in [-0.4, -0.2) is 59.7 Å². The predicted octanol–water partition coefficient (Wildman–Crippen LogP) is 3.76. The molecule has 0 unspecified atom stereocenters. The Kier molecular flexibility index (Phi) is 9.03. The van der Waals surface area contributed by atoms with Crippen LogP contribution in [0.1, 0.15) is 50.3 Å². The summed E-state index contributed by atoms with van der Waals surface area (Å²) in [5.74, 6) is 1.73. The van der Waals surface area contributed by atoms with Crippen molar-refractivity contribution >= 4 is 21.4 Å². The highest BCUT2D eigenvalue weighted by atomic mass is 35.5. The number of aryl methyl sites for hydroxylation is 1. The van der Waals surface area contributed by atoms with Crippen LogP contribution >= 0.6 is 11.6 Å². The van der Waals surface area contributed by atoms with Gasteiger partial charge in [0.1, 0.15) is 34.9 Å². The maximum absolute atomic E-state index is 13.6. The van der Waals surface area contributed by atoms with E-state index in [1.807, 2.05) is 0 Å². The predicted molar refractivity (Wildman–Crippen MR) is 132 cm³/mol. The largest absolute Gasteiger partial charge is 0.494 e. The smallest absolute Gasteiger partial charge is 0.163 e. The Balaban J connectivity index is 2.06. The molecule has 12 heteroatoms. The van der Waals surface area contributed by atoms with Crippen LogP contribution in [0.2, 0.25) is 5.02 Å². The van der Waals surface area contributed by atoms with Crippen molar-refractivity contribution < 1.29 is 22.6 Å². The lowest BCUT2D eigenvalue weighted by atomic mass is 10.2. The third-order valence-electron chi connectivity index (χ3n) is 5.65. The lowest BCUT2D eigenvalue weighted by molar-refractivity contribution is 0.0948. The topological polar surface area (TPSA) is 118 Å². The fourth-order valence-electron chi connectivity index (χ4n) is 3.73. The number of para-hydroxylation sites is 1. The van der Waals surface area contributed by atoms with E-state index in [0.29, 0.717) is 34.5 Å². The molecule has 0 aliphatic rings. The van der Waals surface area contributed by atoms with E-state index in [2.05, 4.69) is 27.1 Å². The molecular weight excluding hydrogens is 494 g/mol. The summed E-state index contributed by atoms with van der Waals surface area (Å²) in [5, 5.41) is 7.96. The summed E-state index contributed by atoms with van der Waals surface area (Å²) in [4.78, 5) is 8.28.